The molecule has 0 bridgehead atoms. The summed E-state index contributed by atoms with van der Waals surface area (Å²) in [6.07, 6.45) is 12.8. The van der Waals surface area contributed by atoms with Gasteiger partial charge in [0.15, 0.2) is 0 Å². The molecule has 1 rings (SSSR count). The van der Waals surface area contributed by atoms with Crippen molar-refractivity contribution in [2.45, 2.75) is 64.7 Å². The van der Waals surface area contributed by atoms with Crippen molar-refractivity contribution in [1.29, 1.82) is 0 Å². The molecular weight excluding hydrogens is 172 g/mol. The molecule has 0 atom stereocenters. The molecule has 1 aliphatic carbocycles. The third-order valence-electron chi connectivity index (χ3n) is 3.61. The van der Waals surface area contributed by atoms with Crippen molar-refractivity contribution >= 4 is 6.29 Å². The number of unbranched alkanes of at least 4 members (excludes halogenated alkanes) is 2. The molecule has 0 aliphatic heterocycles. The molecule has 0 heterocycles. The van der Waals surface area contributed by atoms with Crippen molar-refractivity contribution in [3.63, 3.8) is 0 Å². The van der Waals surface area contributed by atoms with Crippen LogP contribution < -0.4 is 0 Å². The van der Waals surface area contributed by atoms with Gasteiger partial charge in [-0.25, -0.2) is 0 Å². The fourth-order valence-corrected chi connectivity index (χ4v) is 2.57. The largest absolute Gasteiger partial charge is 0.303 e. The topological polar surface area (TPSA) is 17.1 Å². The standard InChI is InChI=1S/C13H24O/c1-2-3-4-5-12-6-8-13(9-7-12)10-11-14/h11-13H,2-10H2,1H3/t12-,13-. The van der Waals surface area contributed by atoms with E-state index in [4.69, 9.17) is 0 Å². The lowest BCUT2D eigenvalue weighted by molar-refractivity contribution is -0.108. The maximum atomic E-state index is 10.4. The molecule has 0 aromatic carbocycles. The van der Waals surface area contributed by atoms with Crippen LogP contribution in [0.15, 0.2) is 0 Å². The van der Waals surface area contributed by atoms with E-state index in [2.05, 4.69) is 6.92 Å². The van der Waals surface area contributed by atoms with E-state index < -0.39 is 0 Å². The molecule has 1 nitrogen and oxygen atoms in total. The van der Waals surface area contributed by atoms with E-state index in [0.29, 0.717) is 0 Å². The molecule has 0 N–H and O–H groups in total. The van der Waals surface area contributed by atoms with E-state index in [-0.39, 0.29) is 0 Å². The summed E-state index contributed by atoms with van der Waals surface area (Å²) in [7, 11) is 0. The van der Waals surface area contributed by atoms with Crippen LogP contribution in [0.5, 0.6) is 0 Å². The first-order valence-electron chi connectivity index (χ1n) is 6.30. The fourth-order valence-electron chi connectivity index (χ4n) is 2.57. The second-order valence-electron chi connectivity index (χ2n) is 4.78. The van der Waals surface area contributed by atoms with Crippen LogP contribution in [0.1, 0.15) is 64.7 Å². The highest BCUT2D eigenvalue weighted by molar-refractivity contribution is 5.49. The van der Waals surface area contributed by atoms with Crippen molar-refractivity contribution in [1.82, 2.24) is 0 Å². The Bertz CT molecular complexity index is 145. The average Bonchev–Trinajstić information content (AvgIpc) is 2.21. The zero-order chi connectivity index (χ0) is 10.2. The van der Waals surface area contributed by atoms with Crippen LogP contribution in [-0.2, 0) is 4.79 Å². The lowest BCUT2D eigenvalue weighted by Gasteiger charge is -2.27. The number of carbonyl (C=O) groups excluding carboxylic acids is 1. The van der Waals surface area contributed by atoms with Crippen LogP contribution in [0.4, 0.5) is 0 Å². The maximum absolute atomic E-state index is 10.4. The van der Waals surface area contributed by atoms with E-state index in [0.717, 1.165) is 24.5 Å². The highest BCUT2D eigenvalue weighted by atomic mass is 16.1. The summed E-state index contributed by atoms with van der Waals surface area (Å²) in [6, 6.07) is 0. The second-order valence-corrected chi connectivity index (χ2v) is 4.78. The molecule has 1 aliphatic rings. The Kier molecular flexibility index (Phi) is 5.89. The minimum absolute atomic E-state index is 0.718. The molecule has 0 unspecified atom stereocenters. The van der Waals surface area contributed by atoms with Gasteiger partial charge in [-0.15, -0.1) is 0 Å². The van der Waals surface area contributed by atoms with Crippen molar-refractivity contribution in [3.8, 4) is 0 Å². The Morgan fingerprint density at radius 1 is 1.07 bits per heavy atom. The van der Waals surface area contributed by atoms with Crippen LogP contribution in [0.25, 0.3) is 0 Å². The summed E-state index contributed by atoms with van der Waals surface area (Å²) in [6.45, 7) is 2.26. The molecular formula is C13H24O. The normalized spacial score (nSPS) is 27.5. The Morgan fingerprint density at radius 3 is 2.29 bits per heavy atom. The fraction of sp³-hybridized carbons (Fsp3) is 0.923. The van der Waals surface area contributed by atoms with E-state index in [1.54, 1.807) is 0 Å². The molecule has 1 heteroatoms. The third kappa shape index (κ3) is 4.26. The molecule has 0 radical (unpaired) electrons. The average molecular weight is 196 g/mol. The smallest absolute Gasteiger partial charge is 0.120 e. The quantitative estimate of drug-likeness (QED) is 0.464. The minimum Gasteiger partial charge on any atom is -0.303 e. The first-order valence-corrected chi connectivity index (χ1v) is 6.30. The van der Waals surface area contributed by atoms with E-state index in [1.807, 2.05) is 0 Å². The SMILES string of the molecule is CCCCC[C@H]1CC[C@H](CC=O)CC1. The van der Waals surface area contributed by atoms with Gasteiger partial charge in [0, 0.05) is 6.42 Å². The lowest BCUT2D eigenvalue weighted by Crippen LogP contribution is -2.14. The minimum atomic E-state index is 0.718. The van der Waals surface area contributed by atoms with Crippen LogP contribution in [-0.4, -0.2) is 6.29 Å². The van der Waals surface area contributed by atoms with Gasteiger partial charge in [0.25, 0.3) is 0 Å². The van der Waals surface area contributed by atoms with Crippen molar-refractivity contribution in [3.05, 3.63) is 0 Å². The predicted molar refractivity (Wildman–Crippen MR) is 60.3 cm³/mol. The first-order chi connectivity index (χ1) is 6.86. The van der Waals surface area contributed by atoms with E-state index in [1.165, 1.54) is 51.4 Å². The van der Waals surface area contributed by atoms with Crippen molar-refractivity contribution in [2.24, 2.45) is 11.8 Å². The lowest BCUT2D eigenvalue weighted by atomic mass is 9.79. The summed E-state index contributed by atoms with van der Waals surface area (Å²) in [5.41, 5.74) is 0. The van der Waals surface area contributed by atoms with Gasteiger partial charge in [-0.05, 0) is 24.7 Å². The molecule has 0 aromatic heterocycles. The monoisotopic (exact) mass is 196 g/mol. The van der Waals surface area contributed by atoms with Gasteiger partial charge in [-0.3, -0.25) is 0 Å². The van der Waals surface area contributed by atoms with Gasteiger partial charge < -0.3 is 4.79 Å². The summed E-state index contributed by atoms with van der Waals surface area (Å²) in [5.74, 6) is 1.69. The van der Waals surface area contributed by atoms with Crippen molar-refractivity contribution in [2.75, 3.05) is 0 Å². The zero-order valence-electron chi connectivity index (χ0n) is 9.50. The molecule has 0 aromatic rings. The highest BCUT2D eigenvalue weighted by Gasteiger charge is 2.19. The van der Waals surface area contributed by atoms with E-state index >= 15 is 0 Å². The van der Waals surface area contributed by atoms with Crippen LogP contribution in [0.2, 0.25) is 0 Å². The van der Waals surface area contributed by atoms with Gasteiger partial charge in [0.05, 0.1) is 0 Å². The van der Waals surface area contributed by atoms with Gasteiger partial charge >= 0.3 is 0 Å². The van der Waals surface area contributed by atoms with Crippen molar-refractivity contribution < 1.29 is 4.79 Å². The summed E-state index contributed by atoms with van der Waals surface area (Å²) in [5, 5.41) is 0. The third-order valence-corrected chi connectivity index (χ3v) is 3.61. The number of hydrogen-bond donors (Lipinski definition) is 0. The Hall–Kier alpha value is -0.330. The number of aldehydes is 1. The summed E-state index contributed by atoms with van der Waals surface area (Å²) in [4.78, 5) is 10.4. The Morgan fingerprint density at radius 2 is 1.71 bits per heavy atom. The number of hydrogen-bond acceptors (Lipinski definition) is 1. The number of carbonyl (C=O) groups is 1. The molecule has 14 heavy (non-hydrogen) atoms. The first kappa shape index (κ1) is 11.7. The molecule has 82 valence electrons. The van der Waals surface area contributed by atoms with Gasteiger partial charge in [0.1, 0.15) is 6.29 Å². The van der Waals surface area contributed by atoms with Gasteiger partial charge in [-0.1, -0.05) is 45.4 Å². The van der Waals surface area contributed by atoms with Gasteiger partial charge in [-0.2, -0.15) is 0 Å². The van der Waals surface area contributed by atoms with Gasteiger partial charge in [0.2, 0.25) is 0 Å². The predicted octanol–water partition coefficient (Wildman–Crippen LogP) is 3.96. The molecule has 0 amide bonds. The maximum Gasteiger partial charge on any atom is 0.120 e. The summed E-state index contributed by atoms with van der Waals surface area (Å²) < 4.78 is 0. The molecule has 0 spiro atoms. The molecule has 1 saturated carbocycles. The summed E-state index contributed by atoms with van der Waals surface area (Å²) >= 11 is 0. The van der Waals surface area contributed by atoms with Crippen LogP contribution in [0.3, 0.4) is 0 Å². The zero-order valence-corrected chi connectivity index (χ0v) is 9.50. The number of rotatable bonds is 6. The Balaban J connectivity index is 2.06. The van der Waals surface area contributed by atoms with Crippen LogP contribution >= 0.6 is 0 Å². The van der Waals surface area contributed by atoms with Crippen LogP contribution in [0, 0.1) is 11.8 Å². The highest BCUT2D eigenvalue weighted by Crippen LogP contribution is 2.33. The molecule has 0 saturated heterocycles. The second kappa shape index (κ2) is 7.03. The Labute approximate surface area is 88.3 Å². The van der Waals surface area contributed by atoms with E-state index in [9.17, 15) is 4.79 Å². The molecule has 1 fully saturated rings.